The van der Waals surface area contributed by atoms with Crippen molar-refractivity contribution in [1.82, 2.24) is 0 Å². The molecule has 0 rings (SSSR count). The molecule has 90 heteroatoms. The van der Waals surface area contributed by atoms with Crippen LogP contribution < -0.4 is 0 Å². The van der Waals surface area contributed by atoms with E-state index in [0.29, 0.717) is 0 Å². The third-order valence-corrected chi connectivity index (χ3v) is 0. The Kier molecular flexibility index (Phi) is 11600. The summed E-state index contributed by atoms with van der Waals surface area (Å²) in [6, 6.07) is 0. The SMILES string of the molecule is [V].[V].[V].[V].[V].[V].[V].[V].[V].[V].[V].[V].[V].[V].[V].[V].[V].[V].[V].[V].[V].[V].[V].[V].[V].[V].[V].[V].[V].[V].[V].[V].[V].[V].[V].[V].[V].[V].[V].[V].[V].[V].[V].[V].[V].[V].[V].[V].[V].[V].[V].[V].[V].[V].[V].[V].[V].[V].[V].[V].[V].[V].[V].[V].[V].[V].[V].[V].[V].[V].[V].[V].[V].[V].[V].[V].[V].[V].[V].[V].[V].[V].[V].[V].[V].[V].[V].[V].[V].[V]. The van der Waals surface area contributed by atoms with E-state index in [1.807, 2.05) is 0 Å². The van der Waals surface area contributed by atoms with E-state index in [-0.39, 0.29) is 1670 Å². The molecule has 0 heterocycles. The normalized spacial score (nSPS) is 0. The van der Waals surface area contributed by atoms with E-state index >= 15 is 0 Å². The molecule has 0 aliphatic carbocycles. The summed E-state index contributed by atoms with van der Waals surface area (Å²) in [5.41, 5.74) is 0. The molecule has 0 saturated carbocycles. The molecular weight excluding hydrogens is 4580 g/mol. The summed E-state index contributed by atoms with van der Waals surface area (Å²) in [6.45, 7) is 0. The maximum Gasteiger partial charge on any atom is 0 e. The quantitative estimate of drug-likeness (QED) is 0.316. The molecule has 0 nitrogen and oxygen atoms in total. The first-order chi connectivity index (χ1) is 0. The summed E-state index contributed by atoms with van der Waals surface area (Å²) in [5, 5.41) is 0. The van der Waals surface area contributed by atoms with Gasteiger partial charge >= 0.3 is 0 Å². The van der Waals surface area contributed by atoms with Crippen LogP contribution in [0.15, 0.2) is 0 Å². The van der Waals surface area contributed by atoms with Gasteiger partial charge in [0, 0.05) is 1670 Å². The van der Waals surface area contributed by atoms with Crippen molar-refractivity contribution in [3.8, 4) is 0 Å². The van der Waals surface area contributed by atoms with E-state index < -0.39 is 0 Å². The van der Waals surface area contributed by atoms with Gasteiger partial charge in [0.15, 0.2) is 0 Å². The molecule has 90 heavy (non-hydrogen) atoms. The van der Waals surface area contributed by atoms with E-state index in [2.05, 4.69) is 0 Å². The van der Waals surface area contributed by atoms with Gasteiger partial charge in [0.25, 0.3) is 0 Å². The van der Waals surface area contributed by atoms with Crippen molar-refractivity contribution in [3.63, 3.8) is 0 Å². The third kappa shape index (κ3) is 990. The van der Waals surface area contributed by atoms with E-state index in [0.717, 1.165) is 0 Å². The monoisotopic (exact) mass is 4580 g/mol. The molecule has 0 aromatic heterocycles. The second kappa shape index (κ2) is 1010. The maximum absolute atomic E-state index is 0. The Morgan fingerprint density at radius 1 is 0.0111 bits per heavy atom. The molecule has 0 aromatic carbocycles. The van der Waals surface area contributed by atoms with Crippen molar-refractivity contribution in [1.29, 1.82) is 0 Å². The van der Waals surface area contributed by atoms with Crippen LogP contribution >= 0.6 is 0 Å². The van der Waals surface area contributed by atoms with Gasteiger partial charge in [0.05, 0.1) is 0 Å². The molecule has 0 aromatic rings. The van der Waals surface area contributed by atoms with Gasteiger partial charge in [0.1, 0.15) is 0 Å². The first-order valence-corrected chi connectivity index (χ1v) is 0. The summed E-state index contributed by atoms with van der Waals surface area (Å²) in [5.74, 6) is 0. The Morgan fingerprint density at radius 3 is 0.0111 bits per heavy atom. The topological polar surface area (TPSA) is 0 Å². The predicted octanol–water partition coefficient (Wildman–Crippen LogP) is -0.225. The zero-order valence-electron chi connectivity index (χ0n) is 40.2. The van der Waals surface area contributed by atoms with E-state index in [1.54, 1.807) is 0 Å². The Labute approximate surface area is 1620 Å². The molecule has 0 aliphatic rings. The molecule has 0 fully saturated rings. The van der Waals surface area contributed by atoms with Gasteiger partial charge in [-0.15, -0.1) is 0 Å². The van der Waals surface area contributed by atoms with Gasteiger partial charge in [0.2, 0.25) is 0 Å². The zero-order chi connectivity index (χ0) is 0. The van der Waals surface area contributed by atoms with Crippen LogP contribution in [-0.4, -0.2) is 0 Å². The number of hydrogen-bond donors (Lipinski definition) is 0. The van der Waals surface area contributed by atoms with Crippen LogP contribution in [0.1, 0.15) is 0 Å². The van der Waals surface area contributed by atoms with E-state index in [9.17, 15) is 0 Å². The van der Waals surface area contributed by atoms with Crippen LogP contribution in [-0.2, 0) is 1670 Å². The van der Waals surface area contributed by atoms with Crippen LogP contribution in [0, 0.1) is 0 Å². The van der Waals surface area contributed by atoms with Crippen LogP contribution in [0.4, 0.5) is 0 Å². The van der Waals surface area contributed by atoms with Gasteiger partial charge in [-0.2, -0.15) is 0 Å². The zero-order valence-corrected chi connectivity index (χ0v) is 166. The minimum Gasteiger partial charge on any atom is 0 e. The molecule has 0 atom stereocenters. The van der Waals surface area contributed by atoms with Crippen molar-refractivity contribution < 1.29 is 1670 Å². The molecule has 0 amide bonds. The molecular formula is V90. The van der Waals surface area contributed by atoms with Crippen LogP contribution in [0.3, 0.4) is 0 Å². The first kappa shape index (κ1) is 1030. The van der Waals surface area contributed by atoms with E-state index in [4.69, 9.17) is 0 Å². The fourth-order valence-electron chi connectivity index (χ4n) is 0. The van der Waals surface area contributed by atoms with Crippen molar-refractivity contribution in [2.24, 2.45) is 0 Å². The smallest absolute Gasteiger partial charge is 0 e. The van der Waals surface area contributed by atoms with Crippen molar-refractivity contribution in [2.75, 3.05) is 0 Å². The third-order valence-electron chi connectivity index (χ3n) is 0. The van der Waals surface area contributed by atoms with Crippen LogP contribution in [0.5, 0.6) is 0 Å². The molecule has 0 N–H and O–H groups in total. The second-order valence-corrected chi connectivity index (χ2v) is 0. The fourth-order valence-corrected chi connectivity index (χ4v) is 0. The minimum absolute atomic E-state index is 0. The standard InChI is InChI=1S/90V. The summed E-state index contributed by atoms with van der Waals surface area (Å²) in [4.78, 5) is 0. The van der Waals surface area contributed by atoms with Crippen LogP contribution in [0.2, 0.25) is 0 Å². The summed E-state index contributed by atoms with van der Waals surface area (Å²) in [6.07, 6.45) is 0. The fraction of sp³-hybridized carbons (Fsp3) is 0. The van der Waals surface area contributed by atoms with Gasteiger partial charge in [-0.05, 0) is 0 Å². The van der Waals surface area contributed by atoms with E-state index in [1.165, 1.54) is 0 Å². The van der Waals surface area contributed by atoms with Crippen LogP contribution in [0.25, 0.3) is 0 Å². The number of hydrogen-bond acceptors (Lipinski definition) is 0. The number of rotatable bonds is 0. The molecule has 0 spiro atoms. The molecule has 90 radical (unpaired) electrons. The average Bonchev–Trinajstić information content (AvgIpc) is 0. The molecule has 0 saturated heterocycles. The summed E-state index contributed by atoms with van der Waals surface area (Å²) >= 11 is 0. The van der Waals surface area contributed by atoms with Gasteiger partial charge in [-0.25, -0.2) is 0 Å². The van der Waals surface area contributed by atoms with Crippen molar-refractivity contribution in [3.05, 3.63) is 0 Å². The largest absolute Gasteiger partial charge is 0 e. The van der Waals surface area contributed by atoms with Crippen molar-refractivity contribution >= 4 is 0 Å². The average molecular weight is 4580 g/mol. The first-order valence-electron chi connectivity index (χ1n) is 0. The Balaban J connectivity index is 0. The van der Waals surface area contributed by atoms with Crippen molar-refractivity contribution in [2.45, 2.75) is 0 Å². The Morgan fingerprint density at radius 2 is 0.0111 bits per heavy atom. The Bertz CT molecular complexity index is 0. The summed E-state index contributed by atoms with van der Waals surface area (Å²) in [7, 11) is 0. The maximum atomic E-state index is 0. The Hall–Kier alpha value is 52.6. The second-order valence-electron chi connectivity index (χ2n) is 0. The summed E-state index contributed by atoms with van der Waals surface area (Å²) < 4.78 is 0. The predicted molar refractivity (Wildman–Crippen MR) is 0 cm³/mol. The molecule has 0 aliphatic heterocycles. The molecule has 0 unspecified atom stereocenters. The molecule has 450 valence electrons. The van der Waals surface area contributed by atoms with Gasteiger partial charge in [-0.3, -0.25) is 0 Å². The van der Waals surface area contributed by atoms with Gasteiger partial charge < -0.3 is 0 Å². The molecule has 0 bridgehead atoms. The van der Waals surface area contributed by atoms with Gasteiger partial charge in [-0.1, -0.05) is 0 Å². The minimum atomic E-state index is 0.